The van der Waals surface area contributed by atoms with Crippen LogP contribution in [0.2, 0.25) is 0 Å². The van der Waals surface area contributed by atoms with Crippen molar-refractivity contribution < 1.29 is 0 Å². The Bertz CT molecular complexity index is 200. The summed E-state index contributed by atoms with van der Waals surface area (Å²) in [4.78, 5) is 5.26. The molecule has 108 valence electrons. The Morgan fingerprint density at radius 1 is 0.778 bits per heavy atom. The average molecular weight is 254 g/mol. The zero-order valence-electron chi connectivity index (χ0n) is 13.2. The van der Waals surface area contributed by atoms with Gasteiger partial charge < -0.3 is 9.80 Å². The van der Waals surface area contributed by atoms with Crippen molar-refractivity contribution in [3.05, 3.63) is 0 Å². The molecular formula is C16H34N2. The zero-order valence-corrected chi connectivity index (χ0v) is 13.2. The maximum atomic E-state index is 2.66. The van der Waals surface area contributed by atoms with E-state index in [9.17, 15) is 0 Å². The van der Waals surface area contributed by atoms with E-state index in [1.807, 2.05) is 0 Å². The van der Waals surface area contributed by atoms with Crippen LogP contribution >= 0.6 is 0 Å². The van der Waals surface area contributed by atoms with Crippen molar-refractivity contribution in [1.82, 2.24) is 9.80 Å². The normalized spacial score (nSPS) is 19.3. The summed E-state index contributed by atoms with van der Waals surface area (Å²) >= 11 is 0. The van der Waals surface area contributed by atoms with E-state index in [1.165, 1.54) is 71.4 Å². The van der Waals surface area contributed by atoms with Gasteiger partial charge in [-0.3, -0.25) is 0 Å². The number of unbranched alkanes of at least 4 members (excludes halogenated alkanes) is 2. The molecule has 0 amide bonds. The Hall–Kier alpha value is -0.0800. The lowest BCUT2D eigenvalue weighted by atomic mass is 9.89. The van der Waals surface area contributed by atoms with E-state index in [0.29, 0.717) is 5.41 Å². The topological polar surface area (TPSA) is 6.48 Å². The molecule has 1 aliphatic heterocycles. The first kappa shape index (κ1) is 16.0. The second-order valence-electron chi connectivity index (χ2n) is 7.05. The van der Waals surface area contributed by atoms with Crippen molar-refractivity contribution in [2.24, 2.45) is 5.41 Å². The van der Waals surface area contributed by atoms with Gasteiger partial charge in [0.05, 0.1) is 0 Å². The highest BCUT2D eigenvalue weighted by atomic mass is 15.3. The summed E-state index contributed by atoms with van der Waals surface area (Å²) in [5.41, 5.74) is 0.520. The van der Waals surface area contributed by atoms with Gasteiger partial charge in [0.1, 0.15) is 0 Å². The van der Waals surface area contributed by atoms with Crippen LogP contribution in [0.1, 0.15) is 59.8 Å². The number of hydrogen-bond donors (Lipinski definition) is 0. The Morgan fingerprint density at radius 3 is 1.83 bits per heavy atom. The monoisotopic (exact) mass is 254 g/mol. The van der Waals surface area contributed by atoms with E-state index in [1.54, 1.807) is 0 Å². The van der Waals surface area contributed by atoms with Gasteiger partial charge in [-0.2, -0.15) is 0 Å². The van der Waals surface area contributed by atoms with Crippen molar-refractivity contribution in [3.63, 3.8) is 0 Å². The van der Waals surface area contributed by atoms with E-state index in [2.05, 4.69) is 37.5 Å². The van der Waals surface area contributed by atoms with Crippen molar-refractivity contribution >= 4 is 0 Å². The molecule has 0 aliphatic carbocycles. The van der Waals surface area contributed by atoms with Gasteiger partial charge in [0, 0.05) is 26.2 Å². The molecule has 0 aromatic carbocycles. The molecule has 0 aromatic heterocycles. The molecule has 1 aliphatic rings. The van der Waals surface area contributed by atoms with Gasteiger partial charge in [0.25, 0.3) is 0 Å². The predicted octanol–water partition coefficient (Wildman–Crippen LogP) is 3.62. The fraction of sp³-hybridized carbons (Fsp3) is 1.00. The van der Waals surface area contributed by atoms with Crippen LogP contribution in [0.4, 0.5) is 0 Å². The SMILES string of the molecule is CCCN1CCN(CCCCCC(C)(C)C)CC1. The van der Waals surface area contributed by atoms with Crippen LogP contribution in [0.15, 0.2) is 0 Å². The first-order valence-corrected chi connectivity index (χ1v) is 7.96. The van der Waals surface area contributed by atoms with Crippen molar-refractivity contribution in [1.29, 1.82) is 0 Å². The summed E-state index contributed by atoms with van der Waals surface area (Å²) in [6.45, 7) is 17.1. The molecule has 1 saturated heterocycles. The van der Waals surface area contributed by atoms with Crippen molar-refractivity contribution in [2.75, 3.05) is 39.3 Å². The molecule has 0 radical (unpaired) electrons. The molecule has 1 heterocycles. The third kappa shape index (κ3) is 7.38. The van der Waals surface area contributed by atoms with Crippen molar-refractivity contribution in [2.45, 2.75) is 59.8 Å². The standard InChI is InChI=1S/C16H34N2/c1-5-10-17-12-14-18(15-13-17)11-8-6-7-9-16(2,3)4/h5-15H2,1-4H3. The average Bonchev–Trinajstić information content (AvgIpc) is 2.30. The second-order valence-corrected chi connectivity index (χ2v) is 7.05. The van der Waals surface area contributed by atoms with Crippen LogP contribution in [-0.4, -0.2) is 49.1 Å². The van der Waals surface area contributed by atoms with Gasteiger partial charge in [0.15, 0.2) is 0 Å². The van der Waals surface area contributed by atoms with Gasteiger partial charge in [-0.15, -0.1) is 0 Å². The quantitative estimate of drug-likeness (QED) is 0.640. The molecule has 0 atom stereocenters. The summed E-state index contributed by atoms with van der Waals surface area (Å²) in [5.74, 6) is 0. The molecule has 0 spiro atoms. The van der Waals surface area contributed by atoms with Gasteiger partial charge in [0.2, 0.25) is 0 Å². The molecule has 1 rings (SSSR count). The number of piperazine rings is 1. The van der Waals surface area contributed by atoms with Crippen LogP contribution in [0, 0.1) is 5.41 Å². The predicted molar refractivity (Wildman–Crippen MR) is 81.1 cm³/mol. The highest BCUT2D eigenvalue weighted by Crippen LogP contribution is 2.22. The first-order chi connectivity index (χ1) is 8.51. The maximum Gasteiger partial charge on any atom is 0.0110 e. The minimum absolute atomic E-state index is 0.520. The third-order valence-corrected chi connectivity index (χ3v) is 3.91. The van der Waals surface area contributed by atoms with Crippen LogP contribution in [0.25, 0.3) is 0 Å². The number of rotatable bonds is 7. The molecule has 2 heteroatoms. The lowest BCUT2D eigenvalue weighted by Crippen LogP contribution is -2.46. The van der Waals surface area contributed by atoms with Crippen LogP contribution in [0.5, 0.6) is 0 Å². The largest absolute Gasteiger partial charge is 0.301 e. The van der Waals surface area contributed by atoms with E-state index in [4.69, 9.17) is 0 Å². The number of hydrogen-bond acceptors (Lipinski definition) is 2. The lowest BCUT2D eigenvalue weighted by Gasteiger charge is -2.34. The molecule has 0 N–H and O–H groups in total. The molecule has 2 nitrogen and oxygen atoms in total. The van der Waals surface area contributed by atoms with Crippen LogP contribution in [0.3, 0.4) is 0 Å². The zero-order chi connectivity index (χ0) is 13.4. The summed E-state index contributed by atoms with van der Waals surface area (Å²) < 4.78 is 0. The Labute approximate surface area is 115 Å². The lowest BCUT2D eigenvalue weighted by molar-refractivity contribution is 0.130. The van der Waals surface area contributed by atoms with E-state index in [-0.39, 0.29) is 0 Å². The van der Waals surface area contributed by atoms with Gasteiger partial charge in [-0.25, -0.2) is 0 Å². The van der Waals surface area contributed by atoms with Gasteiger partial charge in [-0.05, 0) is 37.8 Å². The smallest absolute Gasteiger partial charge is 0.0110 e. The van der Waals surface area contributed by atoms with Crippen LogP contribution in [-0.2, 0) is 0 Å². The molecule has 0 bridgehead atoms. The summed E-state index contributed by atoms with van der Waals surface area (Å²) in [5, 5.41) is 0. The Morgan fingerprint density at radius 2 is 1.33 bits per heavy atom. The fourth-order valence-electron chi connectivity index (χ4n) is 2.72. The highest BCUT2D eigenvalue weighted by Gasteiger charge is 2.15. The van der Waals surface area contributed by atoms with Crippen molar-refractivity contribution in [3.8, 4) is 0 Å². The molecule has 0 saturated carbocycles. The summed E-state index contributed by atoms with van der Waals surface area (Å²) in [6.07, 6.45) is 6.87. The minimum atomic E-state index is 0.520. The Kier molecular flexibility index (Phi) is 7.25. The molecular weight excluding hydrogens is 220 g/mol. The molecule has 0 unspecified atom stereocenters. The third-order valence-electron chi connectivity index (χ3n) is 3.91. The Balaban J connectivity index is 1.98. The molecule has 0 aromatic rings. The van der Waals surface area contributed by atoms with Gasteiger partial charge in [-0.1, -0.05) is 40.5 Å². The fourth-order valence-corrected chi connectivity index (χ4v) is 2.72. The van der Waals surface area contributed by atoms with E-state index < -0.39 is 0 Å². The molecule has 1 fully saturated rings. The maximum absolute atomic E-state index is 2.66. The second kappa shape index (κ2) is 8.16. The molecule has 18 heavy (non-hydrogen) atoms. The summed E-state index contributed by atoms with van der Waals surface area (Å²) in [6, 6.07) is 0. The first-order valence-electron chi connectivity index (χ1n) is 7.96. The van der Waals surface area contributed by atoms with Gasteiger partial charge >= 0.3 is 0 Å². The van der Waals surface area contributed by atoms with Crippen LogP contribution < -0.4 is 0 Å². The summed E-state index contributed by atoms with van der Waals surface area (Å²) in [7, 11) is 0. The highest BCUT2D eigenvalue weighted by molar-refractivity contribution is 4.71. The number of nitrogens with zero attached hydrogens (tertiary/aromatic N) is 2. The minimum Gasteiger partial charge on any atom is -0.301 e. The van der Waals surface area contributed by atoms with E-state index in [0.717, 1.165) is 0 Å². The van der Waals surface area contributed by atoms with E-state index >= 15 is 0 Å².